The lowest BCUT2D eigenvalue weighted by Crippen LogP contribution is -2.53. The monoisotopic (exact) mass is 435 g/mol. The molecule has 31 heavy (non-hydrogen) atoms. The highest BCUT2D eigenvalue weighted by atomic mass is 28.4. The molecule has 0 bridgehead atoms. The van der Waals surface area contributed by atoms with Gasteiger partial charge in [0.15, 0.2) is 8.32 Å². The van der Waals surface area contributed by atoms with Crippen LogP contribution in [0.4, 0.5) is 0 Å². The van der Waals surface area contributed by atoms with Crippen LogP contribution in [-0.2, 0) is 4.43 Å². The van der Waals surface area contributed by atoms with Crippen LogP contribution in [-0.4, -0.2) is 31.3 Å². The Bertz CT molecular complexity index is 1020. The van der Waals surface area contributed by atoms with Gasteiger partial charge < -0.3 is 9.33 Å². The van der Waals surface area contributed by atoms with E-state index >= 15 is 0 Å². The Hall–Kier alpha value is -1.91. The lowest BCUT2D eigenvalue weighted by atomic mass is 9.90. The van der Waals surface area contributed by atoms with Crippen LogP contribution in [0.5, 0.6) is 0 Å². The molecule has 0 saturated heterocycles. The maximum absolute atomic E-state index is 13.8. The summed E-state index contributed by atoms with van der Waals surface area (Å²) in [5.74, 6) is 0.159. The molecule has 166 valence electrons. The molecule has 3 nitrogen and oxygen atoms in total. The summed E-state index contributed by atoms with van der Waals surface area (Å²) in [6, 6.07) is 10.7. The van der Waals surface area contributed by atoms with Gasteiger partial charge >= 0.3 is 0 Å². The van der Waals surface area contributed by atoms with Crippen molar-refractivity contribution >= 4 is 31.1 Å². The van der Waals surface area contributed by atoms with Crippen LogP contribution in [0.15, 0.2) is 36.9 Å². The normalized spacial score (nSPS) is 24.5. The molecule has 4 rings (SSSR count). The summed E-state index contributed by atoms with van der Waals surface area (Å²) < 4.78 is 6.92. The van der Waals surface area contributed by atoms with Crippen LogP contribution in [0.2, 0.25) is 18.1 Å². The van der Waals surface area contributed by atoms with Gasteiger partial charge in [0.1, 0.15) is 0 Å². The summed E-state index contributed by atoms with van der Waals surface area (Å²) in [5, 5.41) is 2.51. The second kappa shape index (κ2) is 7.90. The van der Waals surface area contributed by atoms with E-state index in [1.807, 2.05) is 6.08 Å². The van der Waals surface area contributed by atoms with Crippen LogP contribution in [0.1, 0.15) is 80.9 Å². The molecule has 1 unspecified atom stereocenters. The Kier molecular flexibility index (Phi) is 5.68. The Morgan fingerprint density at radius 2 is 1.77 bits per heavy atom. The molecule has 1 saturated carbocycles. The van der Waals surface area contributed by atoms with Crippen molar-refractivity contribution in [2.24, 2.45) is 0 Å². The minimum Gasteiger partial charge on any atom is -0.412 e. The second-order valence-corrected chi connectivity index (χ2v) is 15.6. The number of carbonyl (C=O) groups excluding carboxylic acids is 1. The highest BCUT2D eigenvalue weighted by Crippen LogP contribution is 2.45. The van der Waals surface area contributed by atoms with E-state index in [4.69, 9.17) is 4.43 Å². The third kappa shape index (κ3) is 3.68. The first-order valence-corrected chi connectivity index (χ1v) is 14.7. The van der Waals surface area contributed by atoms with Crippen molar-refractivity contribution < 1.29 is 9.22 Å². The topological polar surface area (TPSA) is 29.5 Å². The number of carbonyl (C=O) groups is 1. The fourth-order valence-electron chi connectivity index (χ4n) is 5.20. The third-order valence-corrected chi connectivity index (χ3v) is 12.4. The number of hydrogen-bond acceptors (Lipinski definition) is 2. The molecule has 2 aromatic rings. The zero-order chi connectivity index (χ0) is 22.6. The molecule has 0 spiro atoms. The van der Waals surface area contributed by atoms with Gasteiger partial charge in [0.2, 0.25) is 0 Å². The number of hydrogen-bond donors (Lipinski definition) is 0. The molecule has 1 aliphatic carbocycles. The fourth-order valence-corrected chi connectivity index (χ4v) is 6.59. The summed E-state index contributed by atoms with van der Waals surface area (Å²) in [6.07, 6.45) is 6.40. The molecular weight excluding hydrogens is 398 g/mol. The molecule has 1 amide bonds. The number of amides is 1. The minimum atomic E-state index is -1.92. The first-order chi connectivity index (χ1) is 14.6. The largest absolute Gasteiger partial charge is 0.412 e. The lowest BCUT2D eigenvalue weighted by molar-refractivity contribution is 0.0150. The van der Waals surface area contributed by atoms with E-state index in [1.165, 1.54) is 22.8 Å². The van der Waals surface area contributed by atoms with E-state index in [9.17, 15) is 4.79 Å². The molecule has 1 heterocycles. The van der Waals surface area contributed by atoms with Crippen molar-refractivity contribution in [1.82, 2.24) is 4.90 Å². The van der Waals surface area contributed by atoms with Gasteiger partial charge in [-0.1, -0.05) is 70.5 Å². The Balaban J connectivity index is 1.74. The lowest BCUT2D eigenvalue weighted by Gasteiger charge is -2.46. The number of nitrogens with zero attached hydrogens (tertiary/aromatic N) is 1. The van der Waals surface area contributed by atoms with E-state index in [0.717, 1.165) is 30.4 Å². The predicted molar refractivity (Wildman–Crippen MR) is 133 cm³/mol. The standard InChI is InChI=1S/C27H37NO2Si/c1-8-19-17-22-25(21-14-10-9-13-20(19)21)18(2)28(26(22)29)23-15-11-12-16-24(23)30-31(6,7)27(3,4)5/h8-10,13-14,17-18,23-24H,1,11-12,15-16H2,2-7H3/t18?,23-,24-/m0/s1. The van der Waals surface area contributed by atoms with Gasteiger partial charge in [0, 0.05) is 5.56 Å². The molecule has 0 aromatic heterocycles. The highest BCUT2D eigenvalue weighted by Gasteiger charge is 2.46. The fraction of sp³-hybridized carbons (Fsp3) is 0.519. The van der Waals surface area contributed by atoms with Crippen molar-refractivity contribution in [3.05, 3.63) is 53.6 Å². The van der Waals surface area contributed by atoms with Crippen LogP contribution in [0, 0.1) is 0 Å². The molecule has 0 radical (unpaired) electrons. The second-order valence-electron chi connectivity index (χ2n) is 10.8. The molecule has 3 atom stereocenters. The van der Waals surface area contributed by atoms with Crippen LogP contribution in [0.3, 0.4) is 0 Å². The van der Waals surface area contributed by atoms with Gasteiger partial charge in [-0.2, -0.15) is 0 Å². The summed E-state index contributed by atoms with van der Waals surface area (Å²) in [6.45, 7) is 17.7. The molecule has 0 N–H and O–H groups in total. The average Bonchev–Trinajstić information content (AvgIpc) is 2.97. The molecule has 4 heteroatoms. The number of fused-ring (bicyclic) bond motifs is 3. The van der Waals surface area contributed by atoms with Crippen molar-refractivity contribution in [3.8, 4) is 0 Å². The van der Waals surface area contributed by atoms with E-state index in [2.05, 4.69) is 82.6 Å². The van der Waals surface area contributed by atoms with E-state index in [1.54, 1.807) is 0 Å². The summed E-state index contributed by atoms with van der Waals surface area (Å²) in [7, 11) is -1.92. The van der Waals surface area contributed by atoms with Gasteiger partial charge in [0.05, 0.1) is 18.2 Å². The van der Waals surface area contributed by atoms with Crippen molar-refractivity contribution in [2.75, 3.05) is 0 Å². The Morgan fingerprint density at radius 1 is 1.13 bits per heavy atom. The predicted octanol–water partition coefficient (Wildman–Crippen LogP) is 7.33. The van der Waals surface area contributed by atoms with Gasteiger partial charge in [0.25, 0.3) is 5.91 Å². The maximum atomic E-state index is 13.8. The summed E-state index contributed by atoms with van der Waals surface area (Å²) in [5.41, 5.74) is 3.05. The zero-order valence-corrected chi connectivity index (χ0v) is 21.0. The third-order valence-electron chi connectivity index (χ3n) is 7.92. The van der Waals surface area contributed by atoms with Gasteiger partial charge in [-0.15, -0.1) is 0 Å². The van der Waals surface area contributed by atoms with E-state index in [-0.39, 0.29) is 29.1 Å². The quantitative estimate of drug-likeness (QED) is 0.470. The molecule has 1 fully saturated rings. The maximum Gasteiger partial charge on any atom is 0.255 e. The summed E-state index contributed by atoms with van der Waals surface area (Å²) >= 11 is 0. The van der Waals surface area contributed by atoms with Crippen LogP contribution in [0.25, 0.3) is 16.8 Å². The first kappa shape index (κ1) is 22.3. The average molecular weight is 436 g/mol. The zero-order valence-electron chi connectivity index (χ0n) is 20.0. The van der Waals surface area contributed by atoms with E-state index < -0.39 is 8.32 Å². The molecular formula is C27H37NO2Si. The number of benzene rings is 2. The summed E-state index contributed by atoms with van der Waals surface area (Å²) in [4.78, 5) is 15.9. The SMILES string of the molecule is C=Cc1cc2c(c3ccccc13)C(C)N([C@H]1CCCC[C@@H]1O[Si](C)(C)C(C)(C)C)C2=O. The smallest absolute Gasteiger partial charge is 0.255 e. The highest BCUT2D eigenvalue weighted by molar-refractivity contribution is 6.74. The molecule has 2 aromatic carbocycles. The first-order valence-electron chi connectivity index (χ1n) is 11.8. The van der Waals surface area contributed by atoms with Gasteiger partial charge in [-0.3, -0.25) is 4.79 Å². The van der Waals surface area contributed by atoms with Crippen molar-refractivity contribution in [3.63, 3.8) is 0 Å². The Morgan fingerprint density at radius 3 is 2.42 bits per heavy atom. The van der Waals surface area contributed by atoms with Crippen LogP contribution >= 0.6 is 0 Å². The van der Waals surface area contributed by atoms with Crippen molar-refractivity contribution in [1.29, 1.82) is 0 Å². The molecule has 2 aliphatic rings. The van der Waals surface area contributed by atoms with Crippen molar-refractivity contribution in [2.45, 2.75) is 89.7 Å². The minimum absolute atomic E-state index is 0.0554. The van der Waals surface area contributed by atoms with E-state index in [0.29, 0.717) is 0 Å². The number of rotatable bonds is 4. The Labute approximate surface area is 188 Å². The van der Waals surface area contributed by atoms with Crippen LogP contribution < -0.4 is 0 Å². The molecule has 1 aliphatic heterocycles. The van der Waals surface area contributed by atoms with Gasteiger partial charge in [-0.05, 0) is 65.9 Å². The van der Waals surface area contributed by atoms with Gasteiger partial charge in [-0.25, -0.2) is 0 Å².